The molecule has 7 heteroatoms. The molecule has 0 radical (unpaired) electrons. The molecule has 3 rings (SSSR count). The summed E-state index contributed by atoms with van der Waals surface area (Å²) in [4.78, 5) is 25.4. The van der Waals surface area contributed by atoms with E-state index in [0.29, 0.717) is 23.6 Å². The number of carbonyl (C=O) groups excluding carboxylic acids is 2. The van der Waals surface area contributed by atoms with E-state index in [1.807, 2.05) is 43.3 Å². The van der Waals surface area contributed by atoms with E-state index in [-0.39, 0.29) is 11.3 Å². The average Bonchev–Trinajstić information content (AvgIpc) is 3.20. The molecule has 2 aromatic carbocycles. The summed E-state index contributed by atoms with van der Waals surface area (Å²) in [5.41, 5.74) is 2.59. The number of aromatic nitrogens is 2. The highest BCUT2D eigenvalue weighted by molar-refractivity contribution is 6.06. The third-order valence-electron chi connectivity index (χ3n) is 4.86. The number of esters is 2. The van der Waals surface area contributed by atoms with Gasteiger partial charge in [-0.3, -0.25) is 0 Å². The van der Waals surface area contributed by atoms with Crippen LogP contribution in [-0.4, -0.2) is 42.5 Å². The molecule has 1 aromatic heterocycles. The van der Waals surface area contributed by atoms with E-state index in [1.165, 1.54) is 18.9 Å². The van der Waals surface area contributed by atoms with Crippen LogP contribution in [0, 0.1) is 6.92 Å². The minimum Gasteiger partial charge on any atom is -0.493 e. The summed E-state index contributed by atoms with van der Waals surface area (Å²) in [7, 11) is 2.53. The third-order valence-corrected chi connectivity index (χ3v) is 4.86. The Morgan fingerprint density at radius 1 is 1.00 bits per heavy atom. The molecule has 0 saturated carbocycles. The monoisotopic (exact) mass is 422 g/mol. The van der Waals surface area contributed by atoms with Gasteiger partial charge in [-0.15, -0.1) is 0 Å². The third kappa shape index (κ3) is 4.60. The Bertz CT molecular complexity index is 1070. The van der Waals surface area contributed by atoms with Gasteiger partial charge in [-0.05, 0) is 49.2 Å². The van der Waals surface area contributed by atoms with Crippen LogP contribution in [0.4, 0.5) is 0 Å². The zero-order chi connectivity index (χ0) is 22.4. The van der Waals surface area contributed by atoms with Crippen LogP contribution in [0.25, 0.3) is 16.9 Å². The van der Waals surface area contributed by atoms with Gasteiger partial charge in [0.05, 0.1) is 26.5 Å². The number of rotatable bonds is 8. The van der Waals surface area contributed by atoms with Crippen molar-refractivity contribution in [3.63, 3.8) is 0 Å². The van der Waals surface area contributed by atoms with Crippen molar-refractivity contribution in [3.8, 4) is 22.7 Å². The number of para-hydroxylation sites is 1. The molecule has 0 aliphatic rings. The number of benzene rings is 2. The number of nitrogens with zero attached hydrogens (tertiary/aromatic N) is 2. The largest absolute Gasteiger partial charge is 0.493 e. The molecule has 0 aliphatic heterocycles. The molecule has 1 heterocycles. The standard InChI is InChI=1S/C24H26N2O5/c1-5-6-14-31-19-13-12-17(15-16(19)2)21-20(23(27)29-3)22(24(28)30-4)26(25-21)18-10-8-7-9-11-18/h7-13,15H,5-6,14H2,1-4H3. The summed E-state index contributed by atoms with van der Waals surface area (Å²) in [6, 6.07) is 14.6. The highest BCUT2D eigenvalue weighted by Crippen LogP contribution is 2.32. The van der Waals surface area contributed by atoms with Crippen molar-refractivity contribution in [1.29, 1.82) is 0 Å². The molecule has 0 fully saturated rings. The highest BCUT2D eigenvalue weighted by atomic mass is 16.5. The number of methoxy groups -OCH3 is 2. The van der Waals surface area contributed by atoms with Crippen LogP contribution in [0.2, 0.25) is 0 Å². The fourth-order valence-corrected chi connectivity index (χ4v) is 3.24. The molecular formula is C24H26N2O5. The van der Waals surface area contributed by atoms with Gasteiger partial charge in [-0.1, -0.05) is 31.5 Å². The number of aryl methyl sites for hydroxylation is 1. The van der Waals surface area contributed by atoms with E-state index in [2.05, 4.69) is 12.0 Å². The lowest BCUT2D eigenvalue weighted by Gasteiger charge is -2.10. The van der Waals surface area contributed by atoms with Crippen LogP contribution in [0.5, 0.6) is 5.75 Å². The lowest BCUT2D eigenvalue weighted by molar-refractivity contribution is 0.0549. The van der Waals surface area contributed by atoms with E-state index in [4.69, 9.17) is 14.2 Å². The second kappa shape index (κ2) is 9.93. The van der Waals surface area contributed by atoms with Crippen molar-refractivity contribution in [1.82, 2.24) is 9.78 Å². The Balaban J connectivity index is 2.18. The molecule has 0 amide bonds. The maximum absolute atomic E-state index is 12.7. The predicted molar refractivity (Wildman–Crippen MR) is 117 cm³/mol. The van der Waals surface area contributed by atoms with Gasteiger partial charge < -0.3 is 14.2 Å². The molecule has 0 aliphatic carbocycles. The fourth-order valence-electron chi connectivity index (χ4n) is 3.24. The van der Waals surface area contributed by atoms with E-state index >= 15 is 0 Å². The SMILES string of the molecule is CCCCOc1ccc(-c2nn(-c3ccccc3)c(C(=O)OC)c2C(=O)OC)cc1C. The van der Waals surface area contributed by atoms with Crippen molar-refractivity contribution in [3.05, 3.63) is 65.4 Å². The summed E-state index contributed by atoms with van der Waals surface area (Å²) in [6.07, 6.45) is 2.02. The molecular weight excluding hydrogens is 396 g/mol. The molecule has 0 bridgehead atoms. The lowest BCUT2D eigenvalue weighted by Crippen LogP contribution is -2.15. The summed E-state index contributed by atoms with van der Waals surface area (Å²) >= 11 is 0. The van der Waals surface area contributed by atoms with Crippen molar-refractivity contribution in [2.45, 2.75) is 26.7 Å². The first-order valence-electron chi connectivity index (χ1n) is 10.1. The second-order valence-electron chi connectivity index (χ2n) is 6.99. The topological polar surface area (TPSA) is 79.7 Å². The zero-order valence-corrected chi connectivity index (χ0v) is 18.2. The van der Waals surface area contributed by atoms with E-state index in [9.17, 15) is 9.59 Å². The number of hydrogen-bond donors (Lipinski definition) is 0. The summed E-state index contributed by atoms with van der Waals surface area (Å²) in [6.45, 7) is 4.67. The number of hydrogen-bond acceptors (Lipinski definition) is 6. The molecule has 7 nitrogen and oxygen atoms in total. The first-order valence-corrected chi connectivity index (χ1v) is 10.1. The Morgan fingerprint density at radius 3 is 2.32 bits per heavy atom. The van der Waals surface area contributed by atoms with Gasteiger partial charge in [0.15, 0.2) is 5.69 Å². The molecule has 0 saturated heterocycles. The zero-order valence-electron chi connectivity index (χ0n) is 18.2. The van der Waals surface area contributed by atoms with E-state index in [1.54, 1.807) is 12.1 Å². The first-order chi connectivity index (χ1) is 15.0. The average molecular weight is 422 g/mol. The number of carbonyl (C=O) groups is 2. The Labute approximate surface area is 181 Å². The maximum atomic E-state index is 12.7. The minimum absolute atomic E-state index is 0.0106. The van der Waals surface area contributed by atoms with Gasteiger partial charge in [0.2, 0.25) is 0 Å². The van der Waals surface area contributed by atoms with Gasteiger partial charge in [-0.2, -0.15) is 5.10 Å². The van der Waals surface area contributed by atoms with Gasteiger partial charge in [0.1, 0.15) is 17.0 Å². The van der Waals surface area contributed by atoms with Gasteiger partial charge in [0.25, 0.3) is 0 Å². The van der Waals surface area contributed by atoms with Gasteiger partial charge >= 0.3 is 11.9 Å². The number of ether oxygens (including phenoxy) is 3. The Morgan fingerprint density at radius 2 is 1.71 bits per heavy atom. The summed E-state index contributed by atoms with van der Waals surface area (Å²) < 4.78 is 17.2. The Hall–Kier alpha value is -3.61. The van der Waals surface area contributed by atoms with E-state index in [0.717, 1.165) is 24.2 Å². The molecule has 0 spiro atoms. The van der Waals surface area contributed by atoms with Crippen LogP contribution < -0.4 is 4.74 Å². The summed E-state index contributed by atoms with van der Waals surface area (Å²) in [5.74, 6) is -0.578. The van der Waals surface area contributed by atoms with Crippen LogP contribution in [-0.2, 0) is 9.47 Å². The summed E-state index contributed by atoms with van der Waals surface area (Å²) in [5, 5.41) is 4.61. The van der Waals surface area contributed by atoms with E-state index < -0.39 is 11.9 Å². The van der Waals surface area contributed by atoms with Crippen molar-refractivity contribution in [2.24, 2.45) is 0 Å². The van der Waals surface area contributed by atoms with Gasteiger partial charge in [0, 0.05) is 5.56 Å². The van der Waals surface area contributed by atoms with Crippen molar-refractivity contribution >= 4 is 11.9 Å². The lowest BCUT2D eigenvalue weighted by atomic mass is 10.0. The van der Waals surface area contributed by atoms with Crippen molar-refractivity contribution in [2.75, 3.05) is 20.8 Å². The first kappa shape index (κ1) is 22.1. The maximum Gasteiger partial charge on any atom is 0.357 e. The van der Waals surface area contributed by atoms with Crippen LogP contribution in [0.3, 0.4) is 0 Å². The van der Waals surface area contributed by atoms with Crippen LogP contribution >= 0.6 is 0 Å². The second-order valence-corrected chi connectivity index (χ2v) is 6.99. The minimum atomic E-state index is -0.681. The van der Waals surface area contributed by atoms with Crippen molar-refractivity contribution < 1.29 is 23.8 Å². The smallest absolute Gasteiger partial charge is 0.357 e. The Kier molecular flexibility index (Phi) is 7.07. The normalized spacial score (nSPS) is 10.6. The van der Waals surface area contributed by atoms with Crippen LogP contribution in [0.15, 0.2) is 48.5 Å². The number of unbranched alkanes of at least 4 members (excludes halogenated alkanes) is 1. The molecule has 162 valence electrons. The molecule has 0 unspecified atom stereocenters. The quantitative estimate of drug-likeness (QED) is 0.390. The fraction of sp³-hybridized carbons (Fsp3) is 0.292. The van der Waals surface area contributed by atoms with Gasteiger partial charge in [-0.25, -0.2) is 14.3 Å². The molecule has 0 N–H and O–H groups in total. The molecule has 31 heavy (non-hydrogen) atoms. The van der Waals surface area contributed by atoms with Crippen LogP contribution in [0.1, 0.15) is 46.2 Å². The molecule has 0 atom stereocenters. The predicted octanol–water partition coefficient (Wildman–Crippen LogP) is 4.60. The highest BCUT2D eigenvalue weighted by Gasteiger charge is 2.31. The molecule has 3 aromatic rings.